The summed E-state index contributed by atoms with van der Waals surface area (Å²) in [6.45, 7) is 2.64. The minimum Gasteiger partial charge on any atom is -0.380 e. The molecule has 0 aliphatic rings. The van der Waals surface area contributed by atoms with Crippen molar-refractivity contribution in [3.05, 3.63) is 44.9 Å². The molecule has 100 valence electrons. The van der Waals surface area contributed by atoms with E-state index < -0.39 is 0 Å². The number of aryl methyl sites for hydroxylation is 1. The van der Waals surface area contributed by atoms with E-state index in [0.717, 1.165) is 16.1 Å². The average molecular weight is 296 g/mol. The lowest BCUT2D eigenvalue weighted by molar-refractivity contribution is 0.0963. The number of halogens is 1. The Bertz CT molecular complexity index is 597. The molecular formula is C13H14ClN3OS. The Hall–Kier alpha value is -1.59. The van der Waals surface area contributed by atoms with Gasteiger partial charge in [0.2, 0.25) is 0 Å². The lowest BCUT2D eigenvalue weighted by atomic mass is 10.1. The Morgan fingerprint density at radius 3 is 2.84 bits per heavy atom. The first kappa shape index (κ1) is 13.8. The molecule has 0 atom stereocenters. The van der Waals surface area contributed by atoms with Crippen LogP contribution in [0.5, 0.6) is 0 Å². The van der Waals surface area contributed by atoms with Gasteiger partial charge in [-0.1, -0.05) is 11.6 Å². The number of hydrogen-bond acceptors (Lipinski definition) is 4. The van der Waals surface area contributed by atoms with Gasteiger partial charge in [-0.25, -0.2) is 4.98 Å². The molecule has 2 N–H and O–H groups in total. The summed E-state index contributed by atoms with van der Waals surface area (Å²) < 4.78 is 0.545. The predicted molar refractivity (Wildman–Crippen MR) is 79.0 cm³/mol. The van der Waals surface area contributed by atoms with Crippen LogP contribution in [0, 0.1) is 6.92 Å². The number of anilines is 1. The zero-order valence-corrected chi connectivity index (χ0v) is 12.2. The molecule has 0 unspecified atom stereocenters. The molecule has 0 fully saturated rings. The van der Waals surface area contributed by atoms with Crippen LogP contribution in [0.15, 0.2) is 24.4 Å². The van der Waals surface area contributed by atoms with Crippen molar-refractivity contribution in [1.29, 1.82) is 0 Å². The van der Waals surface area contributed by atoms with E-state index in [2.05, 4.69) is 15.6 Å². The molecule has 1 aromatic heterocycles. The molecule has 4 nitrogen and oxygen atoms in total. The maximum Gasteiger partial charge on any atom is 0.251 e. The molecular weight excluding hydrogens is 282 g/mol. The van der Waals surface area contributed by atoms with E-state index in [-0.39, 0.29) is 5.91 Å². The van der Waals surface area contributed by atoms with Crippen molar-refractivity contribution in [3.63, 3.8) is 0 Å². The van der Waals surface area contributed by atoms with Crippen molar-refractivity contribution in [1.82, 2.24) is 10.3 Å². The highest BCUT2D eigenvalue weighted by molar-refractivity contribution is 7.15. The van der Waals surface area contributed by atoms with Gasteiger partial charge in [-0.15, -0.1) is 11.3 Å². The van der Waals surface area contributed by atoms with Crippen LogP contribution >= 0.6 is 22.9 Å². The molecule has 19 heavy (non-hydrogen) atoms. The number of nitrogens with one attached hydrogen (secondary N) is 2. The van der Waals surface area contributed by atoms with E-state index in [1.165, 1.54) is 11.3 Å². The van der Waals surface area contributed by atoms with Crippen molar-refractivity contribution >= 4 is 34.5 Å². The van der Waals surface area contributed by atoms with Gasteiger partial charge < -0.3 is 10.6 Å². The van der Waals surface area contributed by atoms with Gasteiger partial charge in [-0.05, 0) is 30.7 Å². The van der Waals surface area contributed by atoms with Gasteiger partial charge in [0.05, 0.1) is 6.54 Å². The second-order valence-corrected chi connectivity index (χ2v) is 5.74. The Labute approximate surface area is 120 Å². The van der Waals surface area contributed by atoms with Gasteiger partial charge in [0, 0.05) is 29.4 Å². The normalized spacial score (nSPS) is 10.3. The van der Waals surface area contributed by atoms with Crippen molar-refractivity contribution in [2.75, 3.05) is 12.4 Å². The molecule has 0 spiro atoms. The SMILES string of the molecule is CNC(=O)c1ccc(NCc2cnc(Cl)s2)c(C)c1. The maximum absolute atomic E-state index is 11.5. The van der Waals surface area contributed by atoms with Gasteiger partial charge in [-0.3, -0.25) is 4.79 Å². The van der Waals surface area contributed by atoms with Gasteiger partial charge in [0.1, 0.15) is 0 Å². The van der Waals surface area contributed by atoms with E-state index in [0.29, 0.717) is 16.6 Å². The fourth-order valence-electron chi connectivity index (χ4n) is 1.70. The molecule has 0 radical (unpaired) electrons. The minimum atomic E-state index is -0.0797. The largest absolute Gasteiger partial charge is 0.380 e. The number of nitrogens with zero attached hydrogens (tertiary/aromatic N) is 1. The standard InChI is InChI=1S/C13H14ClN3OS/c1-8-5-9(12(18)15-2)3-4-11(8)16-6-10-7-17-13(14)19-10/h3-5,7,16H,6H2,1-2H3,(H,15,18). The first-order valence-corrected chi connectivity index (χ1v) is 6.96. The Kier molecular flexibility index (Phi) is 4.39. The zero-order valence-electron chi connectivity index (χ0n) is 10.7. The van der Waals surface area contributed by atoms with Crippen LogP contribution in [0.3, 0.4) is 0 Å². The molecule has 2 rings (SSSR count). The van der Waals surface area contributed by atoms with E-state index in [1.807, 2.05) is 19.1 Å². The first-order valence-electron chi connectivity index (χ1n) is 5.77. The molecule has 1 aromatic carbocycles. The van der Waals surface area contributed by atoms with Crippen LogP contribution in [0.25, 0.3) is 0 Å². The number of aromatic nitrogens is 1. The van der Waals surface area contributed by atoms with Crippen molar-refractivity contribution in [2.24, 2.45) is 0 Å². The van der Waals surface area contributed by atoms with Crippen LogP contribution < -0.4 is 10.6 Å². The zero-order chi connectivity index (χ0) is 13.8. The number of hydrogen-bond donors (Lipinski definition) is 2. The summed E-state index contributed by atoms with van der Waals surface area (Å²) in [5.41, 5.74) is 2.68. The summed E-state index contributed by atoms with van der Waals surface area (Å²) in [7, 11) is 1.62. The van der Waals surface area contributed by atoms with Crippen LogP contribution in [-0.2, 0) is 6.54 Å². The van der Waals surface area contributed by atoms with Crippen LogP contribution in [0.2, 0.25) is 4.47 Å². The summed E-state index contributed by atoms with van der Waals surface area (Å²) in [4.78, 5) is 16.6. The summed E-state index contributed by atoms with van der Waals surface area (Å²) >= 11 is 7.23. The molecule has 6 heteroatoms. The fraction of sp³-hybridized carbons (Fsp3) is 0.231. The Morgan fingerprint density at radius 1 is 1.47 bits per heavy atom. The highest BCUT2D eigenvalue weighted by atomic mass is 35.5. The third-order valence-electron chi connectivity index (χ3n) is 2.69. The molecule has 0 saturated carbocycles. The van der Waals surface area contributed by atoms with Gasteiger partial charge in [0.15, 0.2) is 4.47 Å². The van der Waals surface area contributed by atoms with Crippen molar-refractivity contribution in [3.8, 4) is 0 Å². The average Bonchev–Trinajstić information content (AvgIpc) is 2.82. The molecule has 2 aromatic rings. The number of carbonyl (C=O) groups is 1. The predicted octanol–water partition coefficient (Wildman–Crippen LogP) is 3.08. The van der Waals surface area contributed by atoms with Gasteiger partial charge in [-0.2, -0.15) is 0 Å². The maximum atomic E-state index is 11.5. The van der Waals surface area contributed by atoms with Gasteiger partial charge >= 0.3 is 0 Å². The third kappa shape index (κ3) is 3.45. The summed E-state index contributed by atoms with van der Waals surface area (Å²) in [5, 5.41) is 5.91. The second kappa shape index (κ2) is 6.04. The number of rotatable bonds is 4. The van der Waals surface area contributed by atoms with E-state index in [4.69, 9.17) is 11.6 Å². The topological polar surface area (TPSA) is 54.0 Å². The van der Waals surface area contributed by atoms with Crippen molar-refractivity contribution in [2.45, 2.75) is 13.5 Å². The van der Waals surface area contributed by atoms with Crippen LogP contribution in [-0.4, -0.2) is 17.9 Å². The molecule has 0 bridgehead atoms. The third-order valence-corrected chi connectivity index (χ3v) is 3.81. The smallest absolute Gasteiger partial charge is 0.251 e. The minimum absolute atomic E-state index is 0.0797. The van der Waals surface area contributed by atoms with Crippen LogP contribution in [0.1, 0.15) is 20.8 Å². The highest BCUT2D eigenvalue weighted by Crippen LogP contribution is 2.21. The summed E-state index contributed by atoms with van der Waals surface area (Å²) in [6, 6.07) is 5.57. The number of carbonyl (C=O) groups excluding carboxylic acids is 1. The molecule has 0 aliphatic carbocycles. The quantitative estimate of drug-likeness (QED) is 0.911. The van der Waals surface area contributed by atoms with Crippen molar-refractivity contribution < 1.29 is 4.79 Å². The molecule has 0 aliphatic heterocycles. The number of thiazole rings is 1. The number of amides is 1. The summed E-state index contributed by atoms with van der Waals surface area (Å²) in [6.07, 6.45) is 1.76. The Morgan fingerprint density at radius 2 is 2.26 bits per heavy atom. The van der Waals surface area contributed by atoms with E-state index >= 15 is 0 Å². The Balaban J connectivity index is 2.07. The van der Waals surface area contributed by atoms with E-state index in [9.17, 15) is 4.79 Å². The van der Waals surface area contributed by atoms with Crippen LogP contribution in [0.4, 0.5) is 5.69 Å². The fourth-order valence-corrected chi connectivity index (χ4v) is 2.61. The molecule has 1 heterocycles. The molecule has 1 amide bonds. The monoisotopic (exact) mass is 295 g/mol. The van der Waals surface area contributed by atoms with Gasteiger partial charge in [0.25, 0.3) is 5.91 Å². The lowest BCUT2D eigenvalue weighted by Gasteiger charge is -2.09. The second-order valence-electron chi connectivity index (χ2n) is 4.04. The first-order chi connectivity index (χ1) is 9.10. The number of benzene rings is 1. The summed E-state index contributed by atoms with van der Waals surface area (Å²) in [5.74, 6) is -0.0797. The highest BCUT2D eigenvalue weighted by Gasteiger charge is 2.06. The molecule has 0 saturated heterocycles. The van der Waals surface area contributed by atoms with E-state index in [1.54, 1.807) is 19.3 Å². The lowest BCUT2D eigenvalue weighted by Crippen LogP contribution is -2.17.